The molecule has 1 heterocycles. The fourth-order valence-corrected chi connectivity index (χ4v) is 2.74. The van der Waals surface area contributed by atoms with E-state index in [-0.39, 0.29) is 0 Å². The fraction of sp³-hybridized carbons (Fsp3) is 0.923. The SMILES string of the molecule is CC(CN1CCOCC1)NC(N)=NC1CCCC1. The second kappa shape index (κ2) is 6.95. The number of hydrogen-bond donors (Lipinski definition) is 2. The number of nitrogens with zero attached hydrogens (tertiary/aromatic N) is 2. The lowest BCUT2D eigenvalue weighted by molar-refractivity contribution is 0.0352. The highest BCUT2D eigenvalue weighted by atomic mass is 16.5. The Labute approximate surface area is 110 Å². The summed E-state index contributed by atoms with van der Waals surface area (Å²) in [6, 6.07) is 0.793. The van der Waals surface area contributed by atoms with Crippen LogP contribution in [0.25, 0.3) is 0 Å². The molecule has 1 saturated carbocycles. The van der Waals surface area contributed by atoms with Crippen molar-refractivity contribution >= 4 is 5.96 Å². The van der Waals surface area contributed by atoms with Crippen LogP contribution in [0, 0.1) is 0 Å². The molecule has 0 aromatic carbocycles. The zero-order chi connectivity index (χ0) is 12.8. The maximum Gasteiger partial charge on any atom is 0.189 e. The second-order valence-electron chi connectivity index (χ2n) is 5.41. The van der Waals surface area contributed by atoms with Gasteiger partial charge >= 0.3 is 0 Å². The molecule has 0 bridgehead atoms. The molecule has 1 atom stereocenters. The predicted molar refractivity (Wildman–Crippen MR) is 73.7 cm³/mol. The van der Waals surface area contributed by atoms with Crippen molar-refractivity contribution in [3.63, 3.8) is 0 Å². The summed E-state index contributed by atoms with van der Waals surface area (Å²) in [5.41, 5.74) is 5.96. The van der Waals surface area contributed by atoms with Gasteiger partial charge in [0.1, 0.15) is 0 Å². The van der Waals surface area contributed by atoms with Crippen LogP contribution in [-0.2, 0) is 4.74 Å². The van der Waals surface area contributed by atoms with Gasteiger partial charge in [0.05, 0.1) is 19.3 Å². The number of ether oxygens (including phenoxy) is 1. The van der Waals surface area contributed by atoms with Crippen molar-refractivity contribution in [2.24, 2.45) is 10.7 Å². The molecule has 0 spiro atoms. The van der Waals surface area contributed by atoms with Crippen LogP contribution in [-0.4, -0.2) is 55.8 Å². The predicted octanol–water partition coefficient (Wildman–Crippen LogP) is 0.554. The van der Waals surface area contributed by atoms with Crippen LogP contribution in [0.1, 0.15) is 32.6 Å². The second-order valence-corrected chi connectivity index (χ2v) is 5.41. The molecule has 5 heteroatoms. The minimum Gasteiger partial charge on any atom is -0.379 e. The lowest BCUT2D eigenvalue weighted by Gasteiger charge is -2.29. The van der Waals surface area contributed by atoms with Crippen LogP contribution in [0.5, 0.6) is 0 Å². The number of aliphatic imine (C=N–C) groups is 1. The Morgan fingerprint density at radius 1 is 1.39 bits per heavy atom. The van der Waals surface area contributed by atoms with Crippen molar-refractivity contribution in [2.45, 2.75) is 44.7 Å². The minimum atomic E-state index is 0.341. The molecule has 0 aromatic rings. The van der Waals surface area contributed by atoms with Gasteiger partial charge in [-0.2, -0.15) is 0 Å². The highest BCUT2D eigenvalue weighted by Crippen LogP contribution is 2.20. The average molecular weight is 254 g/mol. The van der Waals surface area contributed by atoms with Crippen molar-refractivity contribution in [3.05, 3.63) is 0 Å². The van der Waals surface area contributed by atoms with Gasteiger partial charge in [0.25, 0.3) is 0 Å². The highest BCUT2D eigenvalue weighted by Gasteiger charge is 2.16. The van der Waals surface area contributed by atoms with Gasteiger partial charge in [-0.1, -0.05) is 12.8 Å². The molecule has 2 aliphatic rings. The molecule has 1 aliphatic carbocycles. The smallest absolute Gasteiger partial charge is 0.189 e. The van der Waals surface area contributed by atoms with E-state index >= 15 is 0 Å². The van der Waals surface area contributed by atoms with Crippen LogP contribution in [0.15, 0.2) is 4.99 Å². The molecule has 2 rings (SSSR count). The van der Waals surface area contributed by atoms with Crippen molar-refractivity contribution in [1.82, 2.24) is 10.2 Å². The Kier molecular flexibility index (Phi) is 5.26. The van der Waals surface area contributed by atoms with Crippen molar-refractivity contribution < 1.29 is 4.74 Å². The number of hydrogen-bond acceptors (Lipinski definition) is 3. The Bertz CT molecular complexity index is 270. The molecule has 1 unspecified atom stereocenters. The van der Waals surface area contributed by atoms with E-state index in [0.29, 0.717) is 18.0 Å². The molecule has 2 fully saturated rings. The first kappa shape index (κ1) is 13.6. The van der Waals surface area contributed by atoms with E-state index in [2.05, 4.69) is 22.1 Å². The number of nitrogens with two attached hydrogens (primary N) is 1. The van der Waals surface area contributed by atoms with Gasteiger partial charge in [-0.3, -0.25) is 9.89 Å². The molecule has 5 nitrogen and oxygen atoms in total. The number of nitrogens with one attached hydrogen (secondary N) is 1. The van der Waals surface area contributed by atoms with Crippen molar-refractivity contribution in [1.29, 1.82) is 0 Å². The van der Waals surface area contributed by atoms with Gasteiger partial charge in [0.15, 0.2) is 5.96 Å². The summed E-state index contributed by atoms with van der Waals surface area (Å²) in [5, 5.41) is 3.30. The van der Waals surface area contributed by atoms with Gasteiger partial charge < -0.3 is 15.8 Å². The van der Waals surface area contributed by atoms with Crippen LogP contribution in [0.4, 0.5) is 0 Å². The fourth-order valence-electron chi connectivity index (χ4n) is 2.74. The zero-order valence-corrected chi connectivity index (χ0v) is 11.4. The Morgan fingerprint density at radius 2 is 2.06 bits per heavy atom. The van der Waals surface area contributed by atoms with E-state index in [1.165, 1.54) is 25.7 Å². The first-order valence-corrected chi connectivity index (χ1v) is 7.14. The summed E-state index contributed by atoms with van der Waals surface area (Å²) >= 11 is 0. The Hall–Kier alpha value is -0.810. The zero-order valence-electron chi connectivity index (χ0n) is 11.4. The number of rotatable bonds is 4. The molecule has 1 aliphatic heterocycles. The summed E-state index contributed by atoms with van der Waals surface area (Å²) < 4.78 is 5.34. The van der Waals surface area contributed by atoms with E-state index in [9.17, 15) is 0 Å². The third-order valence-electron chi connectivity index (χ3n) is 3.68. The summed E-state index contributed by atoms with van der Waals surface area (Å²) in [5.74, 6) is 0.614. The summed E-state index contributed by atoms with van der Waals surface area (Å²) in [7, 11) is 0. The first-order valence-electron chi connectivity index (χ1n) is 7.14. The third kappa shape index (κ3) is 4.46. The van der Waals surface area contributed by atoms with E-state index in [1.54, 1.807) is 0 Å². The van der Waals surface area contributed by atoms with Gasteiger partial charge in [0.2, 0.25) is 0 Å². The topological polar surface area (TPSA) is 62.9 Å². The number of guanidine groups is 1. The molecular formula is C13H26N4O. The molecule has 3 N–H and O–H groups in total. The van der Waals surface area contributed by atoms with Gasteiger partial charge in [-0.25, -0.2) is 0 Å². The molecule has 104 valence electrons. The standard InChI is InChI=1S/C13H26N4O/c1-11(10-17-6-8-18-9-7-17)15-13(14)16-12-4-2-3-5-12/h11-12H,2-10H2,1H3,(H3,14,15,16). The van der Waals surface area contributed by atoms with Crippen molar-refractivity contribution in [3.8, 4) is 0 Å². The Morgan fingerprint density at radius 3 is 2.72 bits per heavy atom. The van der Waals surface area contributed by atoms with Gasteiger partial charge in [-0.15, -0.1) is 0 Å². The van der Waals surface area contributed by atoms with E-state index < -0.39 is 0 Å². The molecule has 0 aromatic heterocycles. The lowest BCUT2D eigenvalue weighted by atomic mass is 10.2. The molecule has 18 heavy (non-hydrogen) atoms. The normalized spacial score (nSPS) is 25.3. The molecule has 1 saturated heterocycles. The summed E-state index contributed by atoms with van der Waals surface area (Å²) in [4.78, 5) is 6.96. The lowest BCUT2D eigenvalue weighted by Crippen LogP contribution is -2.48. The van der Waals surface area contributed by atoms with E-state index in [4.69, 9.17) is 10.5 Å². The molecule has 0 amide bonds. The largest absolute Gasteiger partial charge is 0.379 e. The van der Waals surface area contributed by atoms with Crippen molar-refractivity contribution in [2.75, 3.05) is 32.8 Å². The monoisotopic (exact) mass is 254 g/mol. The summed E-state index contributed by atoms with van der Waals surface area (Å²) in [6.07, 6.45) is 4.98. The van der Waals surface area contributed by atoms with E-state index in [1.807, 2.05) is 0 Å². The number of morpholine rings is 1. The molecular weight excluding hydrogens is 228 g/mol. The summed E-state index contributed by atoms with van der Waals surface area (Å²) in [6.45, 7) is 6.89. The first-order chi connectivity index (χ1) is 8.74. The maximum absolute atomic E-state index is 5.96. The van der Waals surface area contributed by atoms with E-state index in [0.717, 1.165) is 32.8 Å². The van der Waals surface area contributed by atoms with Crippen LogP contribution < -0.4 is 11.1 Å². The quantitative estimate of drug-likeness (QED) is 0.568. The molecule has 0 radical (unpaired) electrons. The maximum atomic E-state index is 5.96. The van der Waals surface area contributed by atoms with Gasteiger partial charge in [0, 0.05) is 25.7 Å². The van der Waals surface area contributed by atoms with Crippen LogP contribution in [0.3, 0.4) is 0 Å². The third-order valence-corrected chi connectivity index (χ3v) is 3.68. The minimum absolute atomic E-state index is 0.341. The highest BCUT2D eigenvalue weighted by molar-refractivity contribution is 5.78. The van der Waals surface area contributed by atoms with Gasteiger partial charge in [-0.05, 0) is 19.8 Å². The van der Waals surface area contributed by atoms with Crippen LogP contribution in [0.2, 0.25) is 0 Å². The average Bonchev–Trinajstić information content (AvgIpc) is 2.82. The Balaban J connectivity index is 1.70. The van der Waals surface area contributed by atoms with Crippen LogP contribution >= 0.6 is 0 Å².